The molecule has 4 aliphatic rings. The van der Waals surface area contributed by atoms with Crippen molar-refractivity contribution in [3.05, 3.63) is 78.0 Å². The average Bonchev–Trinajstić information content (AvgIpc) is 3.28. The van der Waals surface area contributed by atoms with E-state index in [1.54, 1.807) is 6.20 Å². The predicted molar refractivity (Wildman–Crippen MR) is 130 cm³/mol. The molecule has 1 aromatic heterocycles. The number of hydrogen-bond donors (Lipinski definition) is 1. The summed E-state index contributed by atoms with van der Waals surface area (Å²) in [6.07, 6.45) is 8.34. The molecule has 0 unspecified atom stereocenters. The van der Waals surface area contributed by atoms with Gasteiger partial charge in [-0.3, -0.25) is 4.79 Å². The van der Waals surface area contributed by atoms with E-state index in [0.29, 0.717) is 30.0 Å². The summed E-state index contributed by atoms with van der Waals surface area (Å²) in [5.41, 5.74) is 2.82. The Morgan fingerprint density at radius 1 is 0.939 bits per heavy atom. The molecule has 0 aliphatic heterocycles. The first-order valence-corrected chi connectivity index (χ1v) is 12.3. The monoisotopic (exact) mass is 440 g/mol. The maximum atomic E-state index is 13.7. The van der Waals surface area contributed by atoms with Crippen LogP contribution in [0, 0.1) is 23.7 Å². The third-order valence-electron chi connectivity index (χ3n) is 8.14. The van der Waals surface area contributed by atoms with Gasteiger partial charge in [-0.15, -0.1) is 0 Å². The molecular weight excluding hydrogens is 408 g/mol. The molecule has 0 spiro atoms. The fourth-order valence-electron chi connectivity index (χ4n) is 6.95. The highest BCUT2D eigenvalue weighted by Crippen LogP contribution is 2.53. The van der Waals surface area contributed by atoms with Crippen molar-refractivity contribution in [2.24, 2.45) is 23.7 Å². The molecule has 0 atom stereocenters. The Bertz CT molecular complexity index is 1100. The minimum atomic E-state index is 0.0181. The molecule has 4 saturated carbocycles. The van der Waals surface area contributed by atoms with E-state index in [9.17, 15) is 4.79 Å². The molecule has 4 aliphatic carbocycles. The number of benzene rings is 2. The molecule has 0 radical (unpaired) electrons. The molecular formula is C28H32N4O. The molecule has 4 fully saturated rings. The van der Waals surface area contributed by atoms with E-state index in [0.717, 1.165) is 23.3 Å². The van der Waals surface area contributed by atoms with Crippen LogP contribution in [0.3, 0.4) is 0 Å². The zero-order valence-electron chi connectivity index (χ0n) is 19.2. The van der Waals surface area contributed by atoms with Crippen LogP contribution >= 0.6 is 0 Å². The van der Waals surface area contributed by atoms with Gasteiger partial charge >= 0.3 is 0 Å². The summed E-state index contributed by atoms with van der Waals surface area (Å²) in [4.78, 5) is 15.8. The summed E-state index contributed by atoms with van der Waals surface area (Å²) >= 11 is 0. The molecule has 2 aromatic carbocycles. The van der Waals surface area contributed by atoms with Gasteiger partial charge in [0, 0.05) is 19.6 Å². The maximum absolute atomic E-state index is 13.7. The van der Waals surface area contributed by atoms with Gasteiger partial charge in [-0.05, 0) is 73.5 Å². The number of anilines is 1. The van der Waals surface area contributed by atoms with Crippen LogP contribution in [-0.2, 0) is 6.54 Å². The standard InChI is InChI=1S/C28H32N4O/c1-31(18-19-8-4-2-5-9-19)28-25(17-29-32(28)24-10-6-3-7-11-24)27(33)30-26-22-13-20-12-21(15-22)16-23(26)14-20/h2-11,17,20-23,26H,12-16,18H2,1H3,(H,30,33). The van der Waals surface area contributed by atoms with Gasteiger partial charge in [-0.2, -0.15) is 5.10 Å². The van der Waals surface area contributed by atoms with Gasteiger partial charge in [0.25, 0.3) is 5.91 Å². The zero-order chi connectivity index (χ0) is 22.4. The first-order chi connectivity index (χ1) is 16.2. The lowest BCUT2D eigenvalue weighted by Gasteiger charge is -2.54. The highest BCUT2D eigenvalue weighted by Gasteiger charge is 2.48. The lowest BCUT2D eigenvalue weighted by molar-refractivity contribution is -0.0119. The van der Waals surface area contributed by atoms with E-state index in [-0.39, 0.29) is 5.91 Å². The minimum Gasteiger partial charge on any atom is -0.355 e. The van der Waals surface area contributed by atoms with Crippen LogP contribution in [0.4, 0.5) is 5.82 Å². The Morgan fingerprint density at radius 2 is 1.55 bits per heavy atom. The van der Waals surface area contributed by atoms with Gasteiger partial charge in [-0.25, -0.2) is 4.68 Å². The summed E-state index contributed by atoms with van der Waals surface area (Å²) in [5, 5.41) is 8.15. The number of amides is 1. The van der Waals surface area contributed by atoms with Crippen molar-refractivity contribution in [3.63, 3.8) is 0 Å². The Balaban J connectivity index is 1.30. The summed E-state index contributed by atoms with van der Waals surface area (Å²) in [6.45, 7) is 0.706. The van der Waals surface area contributed by atoms with E-state index < -0.39 is 0 Å². The summed E-state index contributed by atoms with van der Waals surface area (Å²) < 4.78 is 1.90. The quantitative estimate of drug-likeness (QED) is 0.583. The molecule has 1 heterocycles. The Morgan fingerprint density at radius 3 is 2.18 bits per heavy atom. The normalized spacial score (nSPS) is 27.5. The number of rotatable bonds is 6. The van der Waals surface area contributed by atoms with E-state index >= 15 is 0 Å². The SMILES string of the molecule is CN(Cc1ccccc1)c1c(C(=O)NC2C3CC4CC(C3)CC2C4)cnn1-c1ccccc1. The third-order valence-corrected chi connectivity index (χ3v) is 8.14. The Hall–Kier alpha value is -3.08. The van der Waals surface area contributed by atoms with Crippen molar-refractivity contribution in [2.45, 2.75) is 44.7 Å². The van der Waals surface area contributed by atoms with Crippen molar-refractivity contribution in [1.29, 1.82) is 0 Å². The number of carbonyl (C=O) groups excluding carboxylic acids is 1. The molecule has 3 aromatic rings. The van der Waals surface area contributed by atoms with Gasteiger partial charge in [0.15, 0.2) is 0 Å². The number of nitrogens with one attached hydrogen (secondary N) is 1. The second-order valence-corrected chi connectivity index (χ2v) is 10.4. The average molecular weight is 441 g/mol. The number of hydrogen-bond acceptors (Lipinski definition) is 3. The lowest BCUT2D eigenvalue weighted by Crippen LogP contribution is -2.55. The van der Waals surface area contributed by atoms with Crippen molar-refractivity contribution in [1.82, 2.24) is 15.1 Å². The topological polar surface area (TPSA) is 50.2 Å². The smallest absolute Gasteiger partial charge is 0.256 e. The second kappa shape index (κ2) is 8.36. The number of aromatic nitrogens is 2. The lowest BCUT2D eigenvalue weighted by atomic mass is 9.54. The summed E-state index contributed by atoms with van der Waals surface area (Å²) in [5.74, 6) is 3.96. The second-order valence-electron chi connectivity index (χ2n) is 10.4. The molecule has 4 bridgehead atoms. The fourth-order valence-corrected chi connectivity index (χ4v) is 6.95. The number of carbonyl (C=O) groups is 1. The van der Waals surface area contributed by atoms with Gasteiger partial charge in [-0.1, -0.05) is 48.5 Å². The van der Waals surface area contributed by atoms with Gasteiger partial charge in [0.05, 0.1) is 11.9 Å². The van der Waals surface area contributed by atoms with Gasteiger partial charge < -0.3 is 10.2 Å². The van der Waals surface area contributed by atoms with Crippen LogP contribution in [0.5, 0.6) is 0 Å². The van der Waals surface area contributed by atoms with Crippen LogP contribution in [0.1, 0.15) is 48.0 Å². The van der Waals surface area contributed by atoms with Crippen molar-refractivity contribution >= 4 is 11.7 Å². The highest BCUT2D eigenvalue weighted by atomic mass is 16.1. The first kappa shape index (κ1) is 20.5. The van der Waals surface area contributed by atoms with Gasteiger partial charge in [0.1, 0.15) is 11.4 Å². The summed E-state index contributed by atoms with van der Waals surface area (Å²) in [7, 11) is 2.04. The molecule has 170 valence electrons. The minimum absolute atomic E-state index is 0.0181. The molecule has 33 heavy (non-hydrogen) atoms. The third kappa shape index (κ3) is 3.84. The van der Waals surface area contributed by atoms with Crippen LogP contribution in [0.15, 0.2) is 66.9 Å². The van der Waals surface area contributed by atoms with Crippen LogP contribution in [-0.4, -0.2) is 28.8 Å². The zero-order valence-corrected chi connectivity index (χ0v) is 19.2. The number of nitrogens with zero attached hydrogens (tertiary/aromatic N) is 3. The Labute approximate surface area is 195 Å². The van der Waals surface area contributed by atoms with Crippen LogP contribution < -0.4 is 10.2 Å². The van der Waals surface area contributed by atoms with Crippen molar-refractivity contribution in [3.8, 4) is 5.69 Å². The van der Waals surface area contributed by atoms with Crippen LogP contribution in [0.2, 0.25) is 0 Å². The van der Waals surface area contributed by atoms with Crippen LogP contribution in [0.25, 0.3) is 5.69 Å². The largest absolute Gasteiger partial charge is 0.355 e. The fraction of sp³-hybridized carbons (Fsp3) is 0.429. The Kier molecular flexibility index (Phi) is 5.20. The van der Waals surface area contributed by atoms with E-state index in [4.69, 9.17) is 0 Å². The molecule has 1 N–H and O–H groups in total. The number of para-hydroxylation sites is 1. The highest BCUT2D eigenvalue weighted by molar-refractivity contribution is 5.99. The maximum Gasteiger partial charge on any atom is 0.256 e. The van der Waals surface area contributed by atoms with Crippen molar-refractivity contribution in [2.75, 3.05) is 11.9 Å². The molecule has 1 amide bonds. The van der Waals surface area contributed by atoms with E-state index in [2.05, 4.69) is 39.6 Å². The van der Waals surface area contributed by atoms with E-state index in [1.165, 1.54) is 37.7 Å². The van der Waals surface area contributed by atoms with Gasteiger partial charge in [0.2, 0.25) is 0 Å². The molecule has 5 heteroatoms. The van der Waals surface area contributed by atoms with E-state index in [1.807, 2.05) is 48.1 Å². The molecule has 7 rings (SSSR count). The first-order valence-electron chi connectivity index (χ1n) is 12.3. The summed E-state index contributed by atoms with van der Waals surface area (Å²) in [6, 6.07) is 20.8. The molecule has 0 saturated heterocycles. The predicted octanol–water partition coefficient (Wildman–Crippen LogP) is 5.06. The molecule has 5 nitrogen and oxygen atoms in total. The van der Waals surface area contributed by atoms with Crippen molar-refractivity contribution < 1.29 is 4.79 Å².